The van der Waals surface area contributed by atoms with E-state index in [1.54, 1.807) is 13.2 Å². The minimum Gasteiger partial charge on any atom is -0.495 e. The highest BCUT2D eigenvalue weighted by Gasteiger charge is 2.33. The van der Waals surface area contributed by atoms with Crippen molar-refractivity contribution in [3.05, 3.63) is 27.7 Å². The Morgan fingerprint density at radius 3 is 2.69 bits per heavy atom. The molecule has 1 aliphatic heterocycles. The monoisotopic (exact) mass is 259 g/mol. The Balaban J connectivity index is 2.51. The van der Waals surface area contributed by atoms with E-state index in [9.17, 15) is 0 Å². The van der Waals surface area contributed by atoms with Gasteiger partial charge in [0.15, 0.2) is 0 Å². The van der Waals surface area contributed by atoms with Crippen molar-refractivity contribution >= 4 is 23.2 Å². The number of ether oxygens (including phenoxy) is 1. The first-order chi connectivity index (χ1) is 7.57. The van der Waals surface area contributed by atoms with Crippen LogP contribution in [-0.4, -0.2) is 13.7 Å². The number of halogens is 2. The summed E-state index contributed by atoms with van der Waals surface area (Å²) >= 11 is 12.4. The van der Waals surface area contributed by atoms with Gasteiger partial charge in [-0.3, -0.25) is 0 Å². The molecule has 1 saturated heterocycles. The van der Waals surface area contributed by atoms with Crippen LogP contribution in [0.2, 0.25) is 10.0 Å². The van der Waals surface area contributed by atoms with Crippen LogP contribution in [0.15, 0.2) is 12.1 Å². The summed E-state index contributed by atoms with van der Waals surface area (Å²) < 4.78 is 5.23. The minimum absolute atomic E-state index is 0.0880. The molecule has 1 heterocycles. The molecule has 4 heteroatoms. The van der Waals surface area contributed by atoms with Gasteiger partial charge >= 0.3 is 0 Å². The predicted molar refractivity (Wildman–Crippen MR) is 67.6 cm³/mol. The second-order valence-electron chi connectivity index (χ2n) is 4.33. The van der Waals surface area contributed by atoms with Crippen LogP contribution in [-0.2, 0) is 5.54 Å². The maximum absolute atomic E-state index is 6.33. The molecule has 0 amide bonds. The van der Waals surface area contributed by atoms with Gasteiger partial charge in [-0.25, -0.2) is 0 Å². The number of benzene rings is 1. The molecule has 0 saturated carbocycles. The number of nitrogens with one attached hydrogen (secondary N) is 1. The molecule has 1 unspecified atom stereocenters. The Bertz CT molecular complexity index is 400. The zero-order chi connectivity index (χ0) is 11.8. The van der Waals surface area contributed by atoms with Gasteiger partial charge in [-0.1, -0.05) is 23.2 Å². The van der Waals surface area contributed by atoms with E-state index in [1.807, 2.05) is 6.07 Å². The summed E-state index contributed by atoms with van der Waals surface area (Å²) in [6, 6.07) is 3.66. The molecule has 2 rings (SSSR count). The first-order valence-corrected chi connectivity index (χ1v) is 6.11. The van der Waals surface area contributed by atoms with Gasteiger partial charge in [-0.2, -0.15) is 0 Å². The Labute approximate surface area is 106 Å². The fraction of sp³-hybridized carbons (Fsp3) is 0.500. The summed E-state index contributed by atoms with van der Waals surface area (Å²) in [7, 11) is 1.60. The van der Waals surface area contributed by atoms with Gasteiger partial charge in [0.25, 0.3) is 0 Å². The van der Waals surface area contributed by atoms with Crippen molar-refractivity contribution in [2.24, 2.45) is 0 Å². The third-order valence-corrected chi connectivity index (χ3v) is 3.80. The van der Waals surface area contributed by atoms with E-state index >= 15 is 0 Å². The standard InChI is InChI=1S/C12H15Cl2NO/c1-12(4-3-5-15-12)9-6-8(13)7-10(16-2)11(9)14/h6-7,15H,3-5H2,1-2H3. The highest BCUT2D eigenvalue weighted by atomic mass is 35.5. The smallest absolute Gasteiger partial charge is 0.139 e. The second-order valence-corrected chi connectivity index (χ2v) is 5.15. The molecule has 1 aromatic rings. The van der Waals surface area contributed by atoms with Crippen molar-refractivity contribution in [2.75, 3.05) is 13.7 Å². The van der Waals surface area contributed by atoms with Crippen molar-refractivity contribution in [1.82, 2.24) is 5.32 Å². The first-order valence-electron chi connectivity index (χ1n) is 5.35. The lowest BCUT2D eigenvalue weighted by molar-refractivity contribution is 0.404. The van der Waals surface area contributed by atoms with E-state index in [0.717, 1.165) is 24.9 Å². The van der Waals surface area contributed by atoms with E-state index in [0.29, 0.717) is 15.8 Å². The summed E-state index contributed by atoms with van der Waals surface area (Å²) in [6.07, 6.45) is 2.22. The normalized spacial score (nSPS) is 24.8. The summed E-state index contributed by atoms with van der Waals surface area (Å²) in [6.45, 7) is 3.17. The average molecular weight is 260 g/mol. The Morgan fingerprint density at radius 2 is 2.12 bits per heavy atom. The number of hydrogen-bond acceptors (Lipinski definition) is 2. The highest BCUT2D eigenvalue weighted by molar-refractivity contribution is 6.35. The molecule has 0 spiro atoms. The van der Waals surface area contributed by atoms with Crippen LogP contribution in [0, 0.1) is 0 Å². The average Bonchev–Trinajstić information content (AvgIpc) is 2.69. The maximum atomic E-state index is 6.33. The van der Waals surface area contributed by atoms with Gasteiger partial charge in [0.2, 0.25) is 0 Å². The van der Waals surface area contributed by atoms with Crippen LogP contribution < -0.4 is 10.1 Å². The molecule has 0 aromatic heterocycles. The molecule has 16 heavy (non-hydrogen) atoms. The molecule has 1 aromatic carbocycles. The Morgan fingerprint density at radius 1 is 1.38 bits per heavy atom. The Kier molecular flexibility index (Phi) is 3.34. The van der Waals surface area contributed by atoms with Gasteiger partial charge in [0, 0.05) is 16.6 Å². The molecular formula is C12H15Cl2NO. The summed E-state index contributed by atoms with van der Waals surface area (Å²) in [4.78, 5) is 0. The largest absolute Gasteiger partial charge is 0.495 e. The Hall–Kier alpha value is -0.440. The van der Waals surface area contributed by atoms with Gasteiger partial charge in [-0.15, -0.1) is 0 Å². The molecule has 88 valence electrons. The van der Waals surface area contributed by atoms with Crippen molar-refractivity contribution in [3.8, 4) is 5.75 Å². The quantitative estimate of drug-likeness (QED) is 0.877. The van der Waals surface area contributed by atoms with Crippen LogP contribution in [0.3, 0.4) is 0 Å². The molecule has 0 radical (unpaired) electrons. The van der Waals surface area contributed by atoms with E-state index in [1.165, 1.54) is 0 Å². The summed E-state index contributed by atoms with van der Waals surface area (Å²) in [5, 5.41) is 4.78. The van der Waals surface area contributed by atoms with Crippen LogP contribution >= 0.6 is 23.2 Å². The van der Waals surface area contributed by atoms with Crippen molar-refractivity contribution in [2.45, 2.75) is 25.3 Å². The highest BCUT2D eigenvalue weighted by Crippen LogP contribution is 2.41. The van der Waals surface area contributed by atoms with Gasteiger partial charge in [0.05, 0.1) is 12.1 Å². The fourth-order valence-corrected chi connectivity index (χ4v) is 2.84. The van der Waals surface area contributed by atoms with Crippen LogP contribution in [0.4, 0.5) is 0 Å². The van der Waals surface area contributed by atoms with E-state index in [2.05, 4.69) is 12.2 Å². The number of hydrogen-bond donors (Lipinski definition) is 1. The number of rotatable bonds is 2. The molecule has 2 nitrogen and oxygen atoms in total. The zero-order valence-corrected chi connectivity index (χ0v) is 11.0. The molecule has 0 bridgehead atoms. The van der Waals surface area contributed by atoms with Crippen molar-refractivity contribution < 1.29 is 4.74 Å². The van der Waals surface area contributed by atoms with E-state index in [-0.39, 0.29) is 5.54 Å². The molecule has 1 atom stereocenters. The van der Waals surface area contributed by atoms with Crippen LogP contribution in [0.1, 0.15) is 25.3 Å². The first kappa shape index (κ1) is 12.0. The van der Waals surface area contributed by atoms with Gasteiger partial charge in [-0.05, 0) is 37.9 Å². The third kappa shape index (κ3) is 2.02. The molecule has 1 N–H and O–H groups in total. The topological polar surface area (TPSA) is 21.3 Å². The van der Waals surface area contributed by atoms with Crippen molar-refractivity contribution in [3.63, 3.8) is 0 Å². The summed E-state index contributed by atoms with van der Waals surface area (Å²) in [5.41, 5.74) is 0.936. The molecule has 0 aliphatic carbocycles. The zero-order valence-electron chi connectivity index (χ0n) is 9.44. The second kappa shape index (κ2) is 4.44. The number of methoxy groups -OCH3 is 1. The minimum atomic E-state index is -0.0880. The van der Waals surface area contributed by atoms with E-state index < -0.39 is 0 Å². The van der Waals surface area contributed by atoms with E-state index in [4.69, 9.17) is 27.9 Å². The predicted octanol–water partition coefficient (Wildman–Crippen LogP) is 3.60. The summed E-state index contributed by atoms with van der Waals surface area (Å²) in [5.74, 6) is 0.638. The van der Waals surface area contributed by atoms with Gasteiger partial charge in [0.1, 0.15) is 5.75 Å². The fourth-order valence-electron chi connectivity index (χ4n) is 2.24. The molecule has 1 fully saturated rings. The molecular weight excluding hydrogens is 245 g/mol. The SMILES string of the molecule is COc1cc(Cl)cc(C2(C)CCCN2)c1Cl. The maximum Gasteiger partial charge on any atom is 0.139 e. The van der Waals surface area contributed by atoms with Gasteiger partial charge < -0.3 is 10.1 Å². The lowest BCUT2D eigenvalue weighted by Crippen LogP contribution is -2.33. The van der Waals surface area contributed by atoms with Crippen LogP contribution in [0.25, 0.3) is 0 Å². The lowest BCUT2D eigenvalue weighted by atomic mass is 9.90. The van der Waals surface area contributed by atoms with Crippen molar-refractivity contribution in [1.29, 1.82) is 0 Å². The van der Waals surface area contributed by atoms with Crippen LogP contribution in [0.5, 0.6) is 5.75 Å². The lowest BCUT2D eigenvalue weighted by Gasteiger charge is -2.27. The third-order valence-electron chi connectivity index (χ3n) is 3.19. The molecule has 1 aliphatic rings.